The quantitative estimate of drug-likeness (QED) is 0.453. The molecule has 1 unspecified atom stereocenters. The number of hydrogen-bond acceptors (Lipinski definition) is 2. The fourth-order valence-corrected chi connectivity index (χ4v) is 1.20. The molecular formula is C10H16NOP. The highest BCUT2D eigenvalue weighted by Gasteiger charge is 1.95. The molecule has 72 valence electrons. The van der Waals surface area contributed by atoms with E-state index in [1.54, 1.807) is 0 Å². The van der Waals surface area contributed by atoms with Crippen molar-refractivity contribution in [3.63, 3.8) is 0 Å². The van der Waals surface area contributed by atoms with Crippen LogP contribution in [-0.2, 0) is 11.4 Å². The standard InChI is InChI=1S/C10H16NOP/c1-8-3-4-10(5-9(8)2)6-12-11-7-13/h3-5,11H,6-7,13H2,1-2H3. The average molecular weight is 197 g/mol. The van der Waals surface area contributed by atoms with Gasteiger partial charge in [-0.15, -0.1) is 9.24 Å². The predicted molar refractivity (Wildman–Crippen MR) is 58.4 cm³/mol. The van der Waals surface area contributed by atoms with Crippen LogP contribution in [0.25, 0.3) is 0 Å². The molecule has 0 amide bonds. The Labute approximate surface area is 81.8 Å². The van der Waals surface area contributed by atoms with E-state index < -0.39 is 0 Å². The fourth-order valence-electron chi connectivity index (χ4n) is 1.09. The SMILES string of the molecule is Cc1ccc(CONCP)cc1C. The Kier molecular flexibility index (Phi) is 4.37. The lowest BCUT2D eigenvalue weighted by Crippen LogP contribution is -2.11. The largest absolute Gasteiger partial charge is 0.297 e. The summed E-state index contributed by atoms with van der Waals surface area (Å²) < 4.78 is 0. The lowest BCUT2D eigenvalue weighted by molar-refractivity contribution is 0.0402. The van der Waals surface area contributed by atoms with Gasteiger partial charge in [0, 0.05) is 6.29 Å². The molecule has 0 aliphatic heterocycles. The van der Waals surface area contributed by atoms with Gasteiger partial charge in [0.2, 0.25) is 0 Å². The first-order chi connectivity index (χ1) is 6.24. The summed E-state index contributed by atoms with van der Waals surface area (Å²) in [7, 11) is 2.55. The van der Waals surface area contributed by atoms with E-state index in [0.717, 1.165) is 6.29 Å². The van der Waals surface area contributed by atoms with E-state index in [0.29, 0.717) is 6.61 Å². The molecule has 1 atom stereocenters. The molecule has 0 aromatic heterocycles. The van der Waals surface area contributed by atoms with E-state index in [1.165, 1.54) is 16.7 Å². The summed E-state index contributed by atoms with van der Waals surface area (Å²) in [5, 5.41) is 0. The van der Waals surface area contributed by atoms with Crippen LogP contribution in [0.5, 0.6) is 0 Å². The van der Waals surface area contributed by atoms with Gasteiger partial charge in [-0.2, -0.15) is 5.48 Å². The maximum atomic E-state index is 5.19. The van der Waals surface area contributed by atoms with E-state index in [1.807, 2.05) is 0 Å². The molecule has 1 aromatic rings. The molecule has 0 saturated carbocycles. The Balaban J connectivity index is 2.53. The van der Waals surface area contributed by atoms with Crippen LogP contribution >= 0.6 is 9.24 Å². The van der Waals surface area contributed by atoms with Crippen LogP contribution in [0.4, 0.5) is 0 Å². The predicted octanol–water partition coefficient (Wildman–Crippen LogP) is 2.16. The first-order valence-corrected chi connectivity index (χ1v) is 5.16. The second-order valence-corrected chi connectivity index (χ2v) is 3.46. The topological polar surface area (TPSA) is 21.3 Å². The van der Waals surface area contributed by atoms with Gasteiger partial charge in [0.25, 0.3) is 0 Å². The lowest BCUT2D eigenvalue weighted by atomic mass is 10.1. The number of nitrogens with one attached hydrogen (secondary N) is 1. The fraction of sp³-hybridized carbons (Fsp3) is 0.400. The van der Waals surface area contributed by atoms with Crippen LogP contribution in [-0.4, -0.2) is 6.29 Å². The molecule has 13 heavy (non-hydrogen) atoms. The van der Waals surface area contributed by atoms with Crippen molar-refractivity contribution in [1.82, 2.24) is 5.48 Å². The highest BCUT2D eigenvalue weighted by atomic mass is 31.0. The maximum Gasteiger partial charge on any atom is 0.0933 e. The van der Waals surface area contributed by atoms with Gasteiger partial charge >= 0.3 is 0 Å². The van der Waals surface area contributed by atoms with Crippen molar-refractivity contribution in [3.05, 3.63) is 34.9 Å². The Bertz CT molecular complexity index is 276. The third-order valence-corrected chi connectivity index (χ3v) is 2.16. The Morgan fingerprint density at radius 2 is 2.08 bits per heavy atom. The van der Waals surface area contributed by atoms with Gasteiger partial charge in [0.05, 0.1) is 6.61 Å². The van der Waals surface area contributed by atoms with Crippen molar-refractivity contribution in [3.8, 4) is 0 Å². The Morgan fingerprint density at radius 1 is 1.31 bits per heavy atom. The van der Waals surface area contributed by atoms with Crippen molar-refractivity contribution in [2.24, 2.45) is 0 Å². The maximum absolute atomic E-state index is 5.19. The van der Waals surface area contributed by atoms with Crippen molar-refractivity contribution in [2.45, 2.75) is 20.5 Å². The zero-order chi connectivity index (χ0) is 9.68. The van der Waals surface area contributed by atoms with Crippen molar-refractivity contribution >= 4 is 9.24 Å². The van der Waals surface area contributed by atoms with Gasteiger partial charge in [0.1, 0.15) is 0 Å². The lowest BCUT2D eigenvalue weighted by Gasteiger charge is -2.05. The molecule has 1 rings (SSSR count). The minimum absolute atomic E-state index is 0.621. The Hall–Kier alpha value is -0.430. The van der Waals surface area contributed by atoms with Crippen LogP contribution in [0.2, 0.25) is 0 Å². The van der Waals surface area contributed by atoms with E-state index >= 15 is 0 Å². The summed E-state index contributed by atoms with van der Waals surface area (Å²) >= 11 is 0. The average Bonchev–Trinajstić information content (AvgIpc) is 2.12. The summed E-state index contributed by atoms with van der Waals surface area (Å²) in [4.78, 5) is 5.19. The zero-order valence-electron chi connectivity index (χ0n) is 8.13. The van der Waals surface area contributed by atoms with Gasteiger partial charge in [-0.25, -0.2) is 0 Å². The van der Waals surface area contributed by atoms with E-state index in [4.69, 9.17) is 4.84 Å². The molecule has 0 spiro atoms. The molecule has 2 nitrogen and oxygen atoms in total. The second kappa shape index (κ2) is 5.33. The van der Waals surface area contributed by atoms with Crippen molar-refractivity contribution in [1.29, 1.82) is 0 Å². The molecule has 0 saturated heterocycles. The van der Waals surface area contributed by atoms with Crippen molar-refractivity contribution in [2.75, 3.05) is 6.29 Å². The first kappa shape index (κ1) is 10.6. The molecule has 0 aliphatic rings. The molecular weight excluding hydrogens is 181 g/mol. The number of aryl methyl sites for hydroxylation is 2. The summed E-state index contributed by atoms with van der Waals surface area (Å²) in [5.41, 5.74) is 6.63. The molecule has 0 bridgehead atoms. The van der Waals surface area contributed by atoms with Gasteiger partial charge in [0.15, 0.2) is 0 Å². The van der Waals surface area contributed by atoms with Crippen LogP contribution in [0, 0.1) is 13.8 Å². The minimum atomic E-state index is 0.621. The highest BCUT2D eigenvalue weighted by Crippen LogP contribution is 2.10. The molecule has 1 N–H and O–H groups in total. The zero-order valence-corrected chi connectivity index (χ0v) is 9.29. The molecule has 0 fully saturated rings. The van der Waals surface area contributed by atoms with E-state index in [2.05, 4.69) is 46.8 Å². The van der Waals surface area contributed by atoms with Gasteiger partial charge in [-0.3, -0.25) is 4.84 Å². The minimum Gasteiger partial charge on any atom is -0.297 e. The summed E-state index contributed by atoms with van der Waals surface area (Å²) in [5.74, 6) is 0. The van der Waals surface area contributed by atoms with Gasteiger partial charge in [-0.05, 0) is 30.5 Å². The number of hydroxylamine groups is 1. The molecule has 0 radical (unpaired) electrons. The van der Waals surface area contributed by atoms with E-state index in [9.17, 15) is 0 Å². The first-order valence-electron chi connectivity index (χ1n) is 4.35. The second-order valence-electron chi connectivity index (χ2n) is 3.06. The molecule has 0 aliphatic carbocycles. The van der Waals surface area contributed by atoms with Crippen LogP contribution in [0.1, 0.15) is 16.7 Å². The molecule has 3 heteroatoms. The third-order valence-electron chi connectivity index (χ3n) is 2.00. The van der Waals surface area contributed by atoms with Gasteiger partial charge in [-0.1, -0.05) is 18.2 Å². The summed E-state index contributed by atoms with van der Waals surface area (Å²) in [6, 6.07) is 6.36. The normalized spacial score (nSPS) is 10.4. The van der Waals surface area contributed by atoms with Crippen molar-refractivity contribution < 1.29 is 4.84 Å². The smallest absolute Gasteiger partial charge is 0.0933 e. The van der Waals surface area contributed by atoms with Crippen LogP contribution in [0.3, 0.4) is 0 Å². The third kappa shape index (κ3) is 3.43. The number of rotatable bonds is 4. The summed E-state index contributed by atoms with van der Waals surface area (Å²) in [6.07, 6.45) is 0.755. The van der Waals surface area contributed by atoms with E-state index in [-0.39, 0.29) is 0 Å². The summed E-state index contributed by atoms with van der Waals surface area (Å²) in [6.45, 7) is 4.85. The monoisotopic (exact) mass is 197 g/mol. The highest BCUT2D eigenvalue weighted by molar-refractivity contribution is 7.16. The van der Waals surface area contributed by atoms with Crippen LogP contribution in [0.15, 0.2) is 18.2 Å². The van der Waals surface area contributed by atoms with Gasteiger partial charge < -0.3 is 0 Å². The molecule has 0 heterocycles. The number of benzene rings is 1. The number of hydrogen-bond donors (Lipinski definition) is 1. The van der Waals surface area contributed by atoms with Crippen LogP contribution < -0.4 is 5.48 Å². The molecule has 1 aromatic carbocycles. The Morgan fingerprint density at radius 3 is 2.69 bits per heavy atom.